The molecule has 1 saturated carbocycles. The summed E-state index contributed by atoms with van der Waals surface area (Å²) in [4.78, 5) is 11.9. The summed E-state index contributed by atoms with van der Waals surface area (Å²) in [5, 5.41) is 5.92. The van der Waals surface area contributed by atoms with E-state index in [0.717, 1.165) is 5.57 Å². The van der Waals surface area contributed by atoms with E-state index in [0.29, 0.717) is 17.5 Å². The molecule has 2 N–H and O–H groups in total. The Kier molecular flexibility index (Phi) is 2.82. The van der Waals surface area contributed by atoms with E-state index in [9.17, 15) is 4.79 Å². The van der Waals surface area contributed by atoms with Gasteiger partial charge in [-0.1, -0.05) is 25.1 Å². The highest BCUT2D eigenvalue weighted by molar-refractivity contribution is 7.80. The lowest BCUT2D eigenvalue weighted by Crippen LogP contribution is -2.22. The SMILES string of the molecule is O=C1NC(=S)C/C1=C\NC1CCCC1. The molecule has 0 spiro atoms. The van der Waals surface area contributed by atoms with E-state index >= 15 is 0 Å². The summed E-state index contributed by atoms with van der Waals surface area (Å²) in [6, 6.07) is 0.560. The predicted molar refractivity (Wildman–Crippen MR) is 58.8 cm³/mol. The first kappa shape index (κ1) is 9.65. The zero-order valence-electron chi connectivity index (χ0n) is 8.01. The Morgan fingerprint density at radius 2 is 2.14 bits per heavy atom. The molecule has 1 saturated heterocycles. The highest BCUT2D eigenvalue weighted by atomic mass is 32.1. The number of nitrogens with one attached hydrogen (secondary N) is 2. The minimum Gasteiger partial charge on any atom is -0.388 e. The van der Waals surface area contributed by atoms with Crippen molar-refractivity contribution in [2.45, 2.75) is 38.1 Å². The van der Waals surface area contributed by atoms with Crippen LogP contribution in [0, 0.1) is 0 Å². The molecule has 2 rings (SSSR count). The summed E-state index contributed by atoms with van der Waals surface area (Å²) in [6.07, 6.45) is 7.46. The molecule has 2 aliphatic rings. The van der Waals surface area contributed by atoms with Crippen LogP contribution in [0.1, 0.15) is 32.1 Å². The molecule has 0 radical (unpaired) electrons. The lowest BCUT2D eigenvalue weighted by Gasteiger charge is -2.08. The summed E-state index contributed by atoms with van der Waals surface area (Å²) in [6.45, 7) is 0. The maximum absolute atomic E-state index is 11.3. The molecule has 1 aliphatic heterocycles. The van der Waals surface area contributed by atoms with Crippen molar-refractivity contribution in [3.63, 3.8) is 0 Å². The largest absolute Gasteiger partial charge is 0.388 e. The van der Waals surface area contributed by atoms with Crippen LogP contribution in [0.4, 0.5) is 0 Å². The molecule has 1 aliphatic carbocycles. The van der Waals surface area contributed by atoms with Gasteiger partial charge in [0, 0.05) is 24.2 Å². The highest BCUT2D eigenvalue weighted by Gasteiger charge is 2.21. The average molecular weight is 210 g/mol. The Labute approximate surface area is 88.9 Å². The van der Waals surface area contributed by atoms with Crippen molar-refractivity contribution in [1.82, 2.24) is 10.6 Å². The van der Waals surface area contributed by atoms with Gasteiger partial charge in [0.2, 0.25) is 0 Å². The molecule has 0 aromatic carbocycles. The molecule has 14 heavy (non-hydrogen) atoms. The van der Waals surface area contributed by atoms with E-state index in [1.165, 1.54) is 25.7 Å². The van der Waals surface area contributed by atoms with Gasteiger partial charge in [0.05, 0.1) is 4.99 Å². The van der Waals surface area contributed by atoms with Crippen LogP contribution in [0.25, 0.3) is 0 Å². The zero-order chi connectivity index (χ0) is 9.97. The third-order valence-electron chi connectivity index (χ3n) is 2.74. The quantitative estimate of drug-likeness (QED) is 0.532. The number of carbonyl (C=O) groups excluding carboxylic acids is 1. The summed E-state index contributed by atoms with van der Waals surface area (Å²) in [5.41, 5.74) is 0.766. The minimum absolute atomic E-state index is 0.0412. The summed E-state index contributed by atoms with van der Waals surface area (Å²) < 4.78 is 0. The van der Waals surface area contributed by atoms with Crippen LogP contribution in [0.2, 0.25) is 0 Å². The van der Waals surface area contributed by atoms with Gasteiger partial charge in [0.15, 0.2) is 0 Å². The molecule has 0 unspecified atom stereocenters. The molecule has 0 bridgehead atoms. The Balaban J connectivity index is 1.90. The fraction of sp³-hybridized carbons (Fsp3) is 0.600. The van der Waals surface area contributed by atoms with E-state index < -0.39 is 0 Å². The van der Waals surface area contributed by atoms with Gasteiger partial charge in [-0.3, -0.25) is 4.79 Å². The average Bonchev–Trinajstić information content (AvgIpc) is 2.72. The molecule has 0 aromatic heterocycles. The molecular weight excluding hydrogens is 196 g/mol. The second-order valence-electron chi connectivity index (χ2n) is 3.87. The van der Waals surface area contributed by atoms with Crippen LogP contribution in [0.3, 0.4) is 0 Å². The maximum Gasteiger partial charge on any atom is 0.253 e. The van der Waals surface area contributed by atoms with Gasteiger partial charge in [0.1, 0.15) is 0 Å². The van der Waals surface area contributed by atoms with Gasteiger partial charge >= 0.3 is 0 Å². The van der Waals surface area contributed by atoms with Crippen LogP contribution >= 0.6 is 12.2 Å². The van der Waals surface area contributed by atoms with Crippen LogP contribution in [0.5, 0.6) is 0 Å². The Bertz CT molecular complexity index is 292. The van der Waals surface area contributed by atoms with Crippen LogP contribution in [-0.4, -0.2) is 16.9 Å². The van der Waals surface area contributed by atoms with Gasteiger partial charge in [-0.15, -0.1) is 0 Å². The normalized spacial score (nSPS) is 25.9. The van der Waals surface area contributed by atoms with Gasteiger partial charge in [-0.25, -0.2) is 0 Å². The van der Waals surface area contributed by atoms with E-state index in [-0.39, 0.29) is 5.91 Å². The van der Waals surface area contributed by atoms with Crippen LogP contribution in [0.15, 0.2) is 11.8 Å². The lowest BCUT2D eigenvalue weighted by molar-refractivity contribution is -0.115. The molecule has 1 heterocycles. The first-order chi connectivity index (χ1) is 6.75. The fourth-order valence-electron chi connectivity index (χ4n) is 1.93. The smallest absolute Gasteiger partial charge is 0.253 e. The lowest BCUT2D eigenvalue weighted by atomic mass is 10.2. The minimum atomic E-state index is -0.0412. The zero-order valence-corrected chi connectivity index (χ0v) is 8.82. The first-order valence-corrected chi connectivity index (χ1v) is 5.46. The van der Waals surface area contributed by atoms with Crippen molar-refractivity contribution in [1.29, 1.82) is 0 Å². The van der Waals surface area contributed by atoms with Crippen molar-refractivity contribution in [3.05, 3.63) is 11.8 Å². The van der Waals surface area contributed by atoms with Gasteiger partial charge in [-0.2, -0.15) is 0 Å². The van der Waals surface area contributed by atoms with Crippen molar-refractivity contribution in [3.8, 4) is 0 Å². The highest BCUT2D eigenvalue weighted by Crippen LogP contribution is 2.18. The molecular formula is C10H14N2OS. The maximum atomic E-state index is 11.3. The van der Waals surface area contributed by atoms with Crippen molar-refractivity contribution in [2.75, 3.05) is 0 Å². The molecule has 0 atom stereocenters. The topological polar surface area (TPSA) is 41.1 Å². The molecule has 3 nitrogen and oxygen atoms in total. The Hall–Kier alpha value is -0.900. The summed E-state index contributed by atoms with van der Waals surface area (Å²) in [5.74, 6) is -0.0412. The van der Waals surface area contributed by atoms with E-state index in [1.807, 2.05) is 6.20 Å². The van der Waals surface area contributed by atoms with Gasteiger partial charge in [-0.05, 0) is 12.8 Å². The predicted octanol–water partition coefficient (Wildman–Crippen LogP) is 1.25. The molecule has 0 aromatic rings. The monoisotopic (exact) mass is 210 g/mol. The summed E-state index contributed by atoms with van der Waals surface area (Å²) >= 11 is 4.92. The fourth-order valence-corrected chi connectivity index (χ4v) is 2.18. The van der Waals surface area contributed by atoms with Gasteiger partial charge < -0.3 is 10.6 Å². The third kappa shape index (κ3) is 2.12. The summed E-state index contributed by atoms with van der Waals surface area (Å²) in [7, 11) is 0. The number of thiocarbonyl (C=S) groups is 1. The van der Waals surface area contributed by atoms with E-state index in [1.54, 1.807) is 0 Å². The Morgan fingerprint density at radius 1 is 1.43 bits per heavy atom. The second kappa shape index (κ2) is 4.09. The van der Waals surface area contributed by atoms with Gasteiger partial charge in [0.25, 0.3) is 5.91 Å². The van der Waals surface area contributed by atoms with Crippen LogP contribution in [-0.2, 0) is 4.79 Å². The van der Waals surface area contributed by atoms with Crippen molar-refractivity contribution < 1.29 is 4.79 Å². The number of hydrogen-bond donors (Lipinski definition) is 2. The van der Waals surface area contributed by atoms with Crippen LogP contribution < -0.4 is 10.6 Å². The molecule has 76 valence electrons. The second-order valence-corrected chi connectivity index (χ2v) is 4.36. The number of rotatable bonds is 2. The van der Waals surface area contributed by atoms with E-state index in [4.69, 9.17) is 12.2 Å². The van der Waals surface area contributed by atoms with Crippen molar-refractivity contribution in [2.24, 2.45) is 0 Å². The number of amides is 1. The molecule has 1 amide bonds. The molecule has 4 heteroatoms. The third-order valence-corrected chi connectivity index (χ3v) is 2.99. The number of hydrogen-bond acceptors (Lipinski definition) is 3. The molecule has 2 fully saturated rings. The van der Waals surface area contributed by atoms with Crippen molar-refractivity contribution >= 4 is 23.1 Å². The Morgan fingerprint density at radius 3 is 2.71 bits per heavy atom. The standard InChI is InChI=1S/C10H14N2OS/c13-10-7(5-9(14)12-10)6-11-8-3-1-2-4-8/h6,8,11H,1-5H2,(H,12,13,14)/b7-6+. The number of carbonyl (C=O) groups is 1. The first-order valence-electron chi connectivity index (χ1n) is 5.05. The van der Waals surface area contributed by atoms with E-state index in [2.05, 4.69) is 10.6 Å².